The zero-order valence-electron chi connectivity index (χ0n) is 18.0. The van der Waals surface area contributed by atoms with E-state index in [0.29, 0.717) is 12.3 Å². The molecule has 3 aromatic rings. The number of methoxy groups -OCH3 is 2. The molecule has 0 N–H and O–H groups in total. The summed E-state index contributed by atoms with van der Waals surface area (Å²) in [5.74, 6) is 2.15. The fraction of sp³-hybridized carbons (Fsp3) is 0.333. The lowest BCUT2D eigenvalue weighted by molar-refractivity contribution is -0.134. The van der Waals surface area contributed by atoms with Crippen LogP contribution in [0.1, 0.15) is 30.1 Å². The fourth-order valence-corrected chi connectivity index (χ4v) is 4.70. The van der Waals surface area contributed by atoms with Crippen LogP contribution in [0.4, 0.5) is 0 Å². The van der Waals surface area contributed by atoms with Crippen LogP contribution in [0.25, 0.3) is 10.6 Å². The average Bonchev–Trinajstić information content (AvgIpc) is 3.46. The molecule has 1 aliphatic heterocycles. The van der Waals surface area contributed by atoms with E-state index in [-0.39, 0.29) is 18.6 Å². The molecule has 31 heavy (non-hydrogen) atoms. The van der Waals surface area contributed by atoms with Gasteiger partial charge in [-0.05, 0) is 62.2 Å². The van der Waals surface area contributed by atoms with E-state index in [1.165, 1.54) is 0 Å². The van der Waals surface area contributed by atoms with Crippen molar-refractivity contribution in [2.24, 2.45) is 0 Å². The lowest BCUT2D eigenvalue weighted by atomic mass is 10.0. The van der Waals surface area contributed by atoms with Gasteiger partial charge in [-0.15, -0.1) is 11.3 Å². The number of nitrogens with zero attached hydrogens (tertiary/aromatic N) is 2. The Kier molecular flexibility index (Phi) is 6.42. The van der Waals surface area contributed by atoms with Crippen molar-refractivity contribution in [2.75, 3.05) is 27.4 Å². The molecular weight excluding hydrogens is 412 g/mol. The highest BCUT2D eigenvalue weighted by Gasteiger charge is 2.32. The number of carbonyl (C=O) groups excluding carboxylic acids is 1. The van der Waals surface area contributed by atoms with Gasteiger partial charge in [-0.2, -0.15) is 0 Å². The standard InChI is InChI=1S/C24H26N2O4S/c1-16-15-31-24(25-16)17-6-8-18(9-7-17)30-14-23(27)26-12-4-5-21(26)20-13-19(28-2)10-11-22(20)29-3/h6-11,13,15,21H,4-5,12,14H2,1-3H3/t21-/m1/s1. The minimum Gasteiger partial charge on any atom is -0.497 e. The Hall–Kier alpha value is -3.06. The predicted molar refractivity (Wildman–Crippen MR) is 121 cm³/mol. The Morgan fingerprint density at radius 1 is 1.13 bits per heavy atom. The summed E-state index contributed by atoms with van der Waals surface area (Å²) in [6, 6.07) is 13.4. The number of hydrogen-bond acceptors (Lipinski definition) is 6. The Balaban J connectivity index is 1.42. The summed E-state index contributed by atoms with van der Waals surface area (Å²) in [4.78, 5) is 19.3. The number of hydrogen-bond donors (Lipinski definition) is 0. The Labute approximate surface area is 186 Å². The molecular formula is C24H26N2O4S. The van der Waals surface area contributed by atoms with Crippen LogP contribution in [0.3, 0.4) is 0 Å². The highest BCUT2D eigenvalue weighted by atomic mass is 32.1. The zero-order chi connectivity index (χ0) is 21.8. The third kappa shape index (κ3) is 4.66. The van der Waals surface area contributed by atoms with E-state index in [0.717, 1.165) is 46.2 Å². The normalized spacial score (nSPS) is 15.7. The van der Waals surface area contributed by atoms with Gasteiger partial charge in [-0.3, -0.25) is 4.79 Å². The molecule has 1 aromatic heterocycles. The number of aryl methyl sites for hydroxylation is 1. The summed E-state index contributed by atoms with van der Waals surface area (Å²) in [6.45, 7) is 2.68. The van der Waals surface area contributed by atoms with E-state index >= 15 is 0 Å². The molecule has 0 bridgehead atoms. The van der Waals surface area contributed by atoms with Gasteiger partial charge in [0.2, 0.25) is 0 Å². The smallest absolute Gasteiger partial charge is 0.261 e. The SMILES string of the molecule is COc1ccc(OC)c([C@H]2CCCN2C(=O)COc2ccc(-c3nc(C)cs3)cc2)c1. The van der Waals surface area contributed by atoms with Gasteiger partial charge < -0.3 is 19.1 Å². The molecule has 0 saturated carbocycles. The number of rotatable bonds is 7. The van der Waals surface area contributed by atoms with Crippen molar-refractivity contribution in [1.82, 2.24) is 9.88 Å². The van der Waals surface area contributed by atoms with Gasteiger partial charge in [-0.25, -0.2) is 4.98 Å². The van der Waals surface area contributed by atoms with Crippen LogP contribution in [0.15, 0.2) is 47.8 Å². The summed E-state index contributed by atoms with van der Waals surface area (Å²) in [5, 5.41) is 3.01. The van der Waals surface area contributed by atoms with E-state index in [1.807, 2.05) is 59.7 Å². The summed E-state index contributed by atoms with van der Waals surface area (Å²) < 4.78 is 16.7. The maximum Gasteiger partial charge on any atom is 0.261 e. The van der Waals surface area contributed by atoms with Crippen LogP contribution in [0.5, 0.6) is 17.2 Å². The molecule has 0 radical (unpaired) electrons. The first-order chi connectivity index (χ1) is 15.1. The van der Waals surface area contributed by atoms with Crippen LogP contribution in [0.2, 0.25) is 0 Å². The number of benzene rings is 2. The van der Waals surface area contributed by atoms with Crippen LogP contribution >= 0.6 is 11.3 Å². The molecule has 2 aromatic carbocycles. The van der Waals surface area contributed by atoms with E-state index < -0.39 is 0 Å². The summed E-state index contributed by atoms with van der Waals surface area (Å²) in [6.07, 6.45) is 1.83. The fourth-order valence-electron chi connectivity index (χ4n) is 3.90. The third-order valence-electron chi connectivity index (χ3n) is 5.45. The Morgan fingerprint density at radius 2 is 1.90 bits per heavy atom. The first-order valence-electron chi connectivity index (χ1n) is 10.3. The maximum absolute atomic E-state index is 13.0. The van der Waals surface area contributed by atoms with Gasteiger partial charge in [0.25, 0.3) is 5.91 Å². The van der Waals surface area contributed by atoms with Crippen molar-refractivity contribution in [1.29, 1.82) is 0 Å². The first kappa shape index (κ1) is 21.2. The molecule has 1 saturated heterocycles. The van der Waals surface area contributed by atoms with Crippen molar-refractivity contribution in [2.45, 2.75) is 25.8 Å². The van der Waals surface area contributed by atoms with Gasteiger partial charge in [0, 0.05) is 28.7 Å². The van der Waals surface area contributed by atoms with Gasteiger partial charge in [-0.1, -0.05) is 0 Å². The number of amides is 1. The van der Waals surface area contributed by atoms with E-state index in [4.69, 9.17) is 14.2 Å². The van der Waals surface area contributed by atoms with Gasteiger partial charge in [0.1, 0.15) is 22.3 Å². The molecule has 0 spiro atoms. The molecule has 4 rings (SSSR count). The van der Waals surface area contributed by atoms with Crippen molar-refractivity contribution in [3.05, 3.63) is 59.1 Å². The largest absolute Gasteiger partial charge is 0.497 e. The number of thiazole rings is 1. The number of aromatic nitrogens is 1. The lowest BCUT2D eigenvalue weighted by Gasteiger charge is -2.26. The van der Waals surface area contributed by atoms with Gasteiger partial charge >= 0.3 is 0 Å². The topological polar surface area (TPSA) is 60.9 Å². The number of ether oxygens (including phenoxy) is 3. The van der Waals surface area contributed by atoms with Crippen molar-refractivity contribution in [3.8, 4) is 27.8 Å². The summed E-state index contributed by atoms with van der Waals surface area (Å²) >= 11 is 1.62. The first-order valence-corrected chi connectivity index (χ1v) is 11.1. The van der Waals surface area contributed by atoms with Crippen LogP contribution < -0.4 is 14.2 Å². The molecule has 1 atom stereocenters. The summed E-state index contributed by atoms with van der Waals surface area (Å²) in [7, 11) is 3.28. The second-order valence-electron chi connectivity index (χ2n) is 7.46. The lowest BCUT2D eigenvalue weighted by Crippen LogP contribution is -2.34. The third-order valence-corrected chi connectivity index (χ3v) is 6.46. The second kappa shape index (κ2) is 9.39. The van der Waals surface area contributed by atoms with Crippen LogP contribution in [-0.4, -0.2) is 43.2 Å². The highest BCUT2D eigenvalue weighted by molar-refractivity contribution is 7.13. The second-order valence-corrected chi connectivity index (χ2v) is 8.32. The maximum atomic E-state index is 13.0. The Bertz CT molecular complexity index is 1050. The molecule has 2 heterocycles. The average molecular weight is 439 g/mol. The number of carbonyl (C=O) groups is 1. The molecule has 0 aliphatic carbocycles. The van der Waals surface area contributed by atoms with Crippen LogP contribution in [0, 0.1) is 6.92 Å². The molecule has 7 heteroatoms. The van der Waals surface area contributed by atoms with Crippen LogP contribution in [-0.2, 0) is 4.79 Å². The monoisotopic (exact) mass is 438 g/mol. The Morgan fingerprint density at radius 3 is 2.58 bits per heavy atom. The van der Waals surface area contributed by atoms with E-state index in [1.54, 1.807) is 25.6 Å². The highest BCUT2D eigenvalue weighted by Crippen LogP contribution is 2.39. The van der Waals surface area contributed by atoms with Gasteiger partial charge in [0.05, 0.1) is 20.3 Å². The van der Waals surface area contributed by atoms with E-state index in [9.17, 15) is 4.79 Å². The molecule has 1 amide bonds. The molecule has 1 aliphatic rings. The van der Waals surface area contributed by atoms with Crippen molar-refractivity contribution < 1.29 is 19.0 Å². The molecule has 1 fully saturated rings. The van der Waals surface area contributed by atoms with E-state index in [2.05, 4.69) is 4.98 Å². The molecule has 6 nitrogen and oxygen atoms in total. The minimum absolute atomic E-state index is 0.00150. The number of likely N-dealkylation sites (tertiary alicyclic amines) is 1. The summed E-state index contributed by atoms with van der Waals surface area (Å²) in [5.41, 5.74) is 3.02. The minimum atomic E-state index is -0.0448. The van der Waals surface area contributed by atoms with Crippen molar-refractivity contribution >= 4 is 17.2 Å². The quantitative estimate of drug-likeness (QED) is 0.526. The zero-order valence-corrected chi connectivity index (χ0v) is 18.8. The predicted octanol–water partition coefficient (Wildman–Crippen LogP) is 4.88. The van der Waals surface area contributed by atoms with Gasteiger partial charge in [0.15, 0.2) is 6.61 Å². The molecule has 0 unspecified atom stereocenters. The van der Waals surface area contributed by atoms with Crippen molar-refractivity contribution in [3.63, 3.8) is 0 Å². The molecule has 162 valence electrons.